The molecule has 1 saturated heterocycles. The first-order valence-electron chi connectivity index (χ1n) is 6.40. The van der Waals surface area contributed by atoms with E-state index >= 15 is 0 Å². The van der Waals surface area contributed by atoms with Crippen LogP contribution in [0.5, 0.6) is 5.75 Å². The monoisotopic (exact) mass is 412 g/mol. The molecule has 2 rings (SSSR count). The third-order valence-electron chi connectivity index (χ3n) is 3.42. The molecule has 7 heteroatoms. The van der Waals surface area contributed by atoms with Crippen molar-refractivity contribution in [1.82, 2.24) is 10.2 Å². The summed E-state index contributed by atoms with van der Waals surface area (Å²) in [6.07, 6.45) is -2.56. The van der Waals surface area contributed by atoms with Crippen LogP contribution in [-0.2, 0) is 0 Å². The molecule has 1 heterocycles. The smallest absolute Gasteiger partial charge is 0.240 e. The van der Waals surface area contributed by atoms with Gasteiger partial charge in [-0.05, 0) is 49.6 Å². The largest absolute Gasteiger partial charge is 0.506 e. The van der Waals surface area contributed by atoms with E-state index in [4.69, 9.17) is 0 Å². The highest BCUT2D eigenvalue weighted by Gasteiger charge is 2.26. The Morgan fingerprint density at radius 3 is 2.25 bits per heavy atom. The zero-order chi connectivity index (χ0) is 14.7. The molecule has 2 N–H and O–H groups in total. The fourth-order valence-corrected chi connectivity index (χ4v) is 3.66. The minimum atomic E-state index is -2.36. The van der Waals surface area contributed by atoms with Crippen molar-refractivity contribution in [2.24, 2.45) is 0 Å². The molecule has 3 nitrogen and oxygen atoms in total. The van der Waals surface area contributed by atoms with Crippen LogP contribution in [0.25, 0.3) is 0 Å². The number of benzene rings is 1. The summed E-state index contributed by atoms with van der Waals surface area (Å²) >= 11 is 6.51. The highest BCUT2D eigenvalue weighted by Crippen LogP contribution is 2.38. The topological polar surface area (TPSA) is 35.5 Å². The SMILES string of the molecule is Oc1c(Br)cc([C@H](CC(F)F)N2CCNCC2)cc1Br. The molecule has 1 aliphatic rings. The van der Waals surface area contributed by atoms with Gasteiger partial charge in [0.25, 0.3) is 0 Å². The number of alkyl halides is 2. The number of nitrogens with zero attached hydrogens (tertiary/aromatic N) is 1. The van der Waals surface area contributed by atoms with Crippen molar-refractivity contribution in [2.45, 2.75) is 18.9 Å². The first kappa shape index (κ1) is 16.1. The fraction of sp³-hybridized carbons (Fsp3) is 0.538. The van der Waals surface area contributed by atoms with Gasteiger partial charge in [0.2, 0.25) is 6.43 Å². The summed E-state index contributed by atoms with van der Waals surface area (Å²) in [4.78, 5) is 2.06. The van der Waals surface area contributed by atoms with Gasteiger partial charge in [-0.25, -0.2) is 8.78 Å². The maximum atomic E-state index is 12.9. The Morgan fingerprint density at radius 1 is 1.20 bits per heavy atom. The van der Waals surface area contributed by atoms with E-state index < -0.39 is 6.43 Å². The van der Waals surface area contributed by atoms with Crippen LogP contribution in [0.4, 0.5) is 8.78 Å². The van der Waals surface area contributed by atoms with Crippen molar-refractivity contribution in [3.05, 3.63) is 26.6 Å². The number of hydrogen-bond acceptors (Lipinski definition) is 3. The molecule has 0 amide bonds. The van der Waals surface area contributed by atoms with Gasteiger partial charge in [-0.2, -0.15) is 0 Å². The number of phenols is 1. The van der Waals surface area contributed by atoms with Gasteiger partial charge in [-0.3, -0.25) is 4.90 Å². The molecule has 0 bridgehead atoms. The van der Waals surface area contributed by atoms with E-state index in [2.05, 4.69) is 42.1 Å². The lowest BCUT2D eigenvalue weighted by Gasteiger charge is -2.35. The highest BCUT2D eigenvalue weighted by molar-refractivity contribution is 9.11. The summed E-state index contributed by atoms with van der Waals surface area (Å²) in [5.74, 6) is 0.0878. The van der Waals surface area contributed by atoms with Crippen LogP contribution in [-0.4, -0.2) is 42.6 Å². The Kier molecular flexibility index (Phi) is 5.77. The Balaban J connectivity index is 2.30. The van der Waals surface area contributed by atoms with Crippen molar-refractivity contribution in [2.75, 3.05) is 26.2 Å². The first-order valence-corrected chi connectivity index (χ1v) is 7.98. The lowest BCUT2D eigenvalue weighted by atomic mass is 10.0. The van der Waals surface area contributed by atoms with E-state index in [-0.39, 0.29) is 18.2 Å². The molecule has 1 aromatic carbocycles. The van der Waals surface area contributed by atoms with Crippen molar-refractivity contribution in [1.29, 1.82) is 0 Å². The molecule has 112 valence electrons. The Hall–Kier alpha value is -0.240. The maximum Gasteiger partial charge on any atom is 0.240 e. The van der Waals surface area contributed by atoms with Gasteiger partial charge in [0.1, 0.15) is 5.75 Å². The average Bonchev–Trinajstić information content (AvgIpc) is 2.42. The van der Waals surface area contributed by atoms with Crippen LogP contribution in [0.3, 0.4) is 0 Å². The van der Waals surface area contributed by atoms with Crippen molar-refractivity contribution < 1.29 is 13.9 Å². The molecular formula is C13H16Br2F2N2O. The minimum Gasteiger partial charge on any atom is -0.506 e. The molecule has 0 saturated carbocycles. The van der Waals surface area contributed by atoms with Gasteiger partial charge in [0, 0.05) is 38.6 Å². The summed E-state index contributed by atoms with van der Waals surface area (Å²) in [5, 5.41) is 13.0. The fourth-order valence-electron chi connectivity index (χ4n) is 2.44. The second kappa shape index (κ2) is 7.15. The highest BCUT2D eigenvalue weighted by atomic mass is 79.9. The minimum absolute atomic E-state index is 0.0878. The number of halogens is 4. The Labute approximate surface area is 133 Å². The van der Waals surface area contributed by atoms with Crippen molar-refractivity contribution in [3.63, 3.8) is 0 Å². The van der Waals surface area contributed by atoms with Crippen LogP contribution in [0.2, 0.25) is 0 Å². The number of aromatic hydroxyl groups is 1. The van der Waals surface area contributed by atoms with Crippen LogP contribution >= 0.6 is 31.9 Å². The van der Waals surface area contributed by atoms with Crippen LogP contribution in [0.15, 0.2) is 21.1 Å². The second-order valence-electron chi connectivity index (χ2n) is 4.76. The van der Waals surface area contributed by atoms with E-state index in [1.54, 1.807) is 12.1 Å². The number of rotatable bonds is 4. The molecule has 0 aliphatic carbocycles. The zero-order valence-electron chi connectivity index (χ0n) is 10.8. The van der Waals surface area contributed by atoms with Gasteiger partial charge >= 0.3 is 0 Å². The number of piperazine rings is 1. The Bertz CT molecular complexity index is 445. The second-order valence-corrected chi connectivity index (χ2v) is 6.47. The van der Waals surface area contributed by atoms with Crippen LogP contribution < -0.4 is 5.32 Å². The van der Waals surface area contributed by atoms with Crippen LogP contribution in [0, 0.1) is 0 Å². The summed E-state index contributed by atoms with van der Waals surface area (Å²) in [6, 6.07) is 3.09. The van der Waals surface area contributed by atoms with Gasteiger partial charge < -0.3 is 10.4 Å². The number of hydrogen-bond donors (Lipinski definition) is 2. The van der Waals surface area contributed by atoms with E-state index in [9.17, 15) is 13.9 Å². The van der Waals surface area contributed by atoms with Gasteiger partial charge in [0.15, 0.2) is 0 Å². The third-order valence-corrected chi connectivity index (χ3v) is 4.63. The molecule has 0 unspecified atom stereocenters. The lowest BCUT2D eigenvalue weighted by Crippen LogP contribution is -2.45. The molecule has 1 fully saturated rings. The molecule has 1 aromatic rings. The summed E-state index contributed by atoms with van der Waals surface area (Å²) in [5.41, 5.74) is 0.781. The molecule has 0 radical (unpaired) electrons. The number of nitrogens with one attached hydrogen (secondary N) is 1. The average molecular weight is 414 g/mol. The molecule has 0 aromatic heterocycles. The predicted molar refractivity (Wildman–Crippen MR) is 81.3 cm³/mol. The first-order chi connectivity index (χ1) is 9.49. The molecule has 1 atom stereocenters. The molecular weight excluding hydrogens is 398 g/mol. The van der Waals surface area contributed by atoms with Crippen LogP contribution in [0.1, 0.15) is 18.0 Å². The summed E-state index contributed by atoms with van der Waals surface area (Å²) in [6.45, 7) is 3.10. The molecule has 1 aliphatic heterocycles. The molecule has 0 spiro atoms. The van der Waals surface area contributed by atoms with E-state index in [1.165, 1.54) is 0 Å². The predicted octanol–water partition coefficient (Wildman–Crippen LogP) is 3.52. The van der Waals surface area contributed by atoms with Crippen molar-refractivity contribution >= 4 is 31.9 Å². The summed E-state index contributed by atoms with van der Waals surface area (Å²) in [7, 11) is 0. The molecule has 20 heavy (non-hydrogen) atoms. The quantitative estimate of drug-likeness (QED) is 0.792. The van der Waals surface area contributed by atoms with Gasteiger partial charge in [-0.1, -0.05) is 0 Å². The van der Waals surface area contributed by atoms with Gasteiger partial charge in [0.05, 0.1) is 8.95 Å². The lowest BCUT2D eigenvalue weighted by molar-refractivity contribution is 0.0738. The third kappa shape index (κ3) is 3.90. The Morgan fingerprint density at radius 2 is 1.75 bits per heavy atom. The van der Waals surface area contributed by atoms with Gasteiger partial charge in [-0.15, -0.1) is 0 Å². The van der Waals surface area contributed by atoms with Crippen molar-refractivity contribution in [3.8, 4) is 5.75 Å². The number of phenolic OH excluding ortho intramolecular Hbond substituents is 1. The zero-order valence-corrected chi connectivity index (χ0v) is 13.9. The van der Waals surface area contributed by atoms with E-state index in [0.717, 1.165) is 31.7 Å². The summed E-state index contributed by atoms with van der Waals surface area (Å²) < 4.78 is 26.8. The standard InChI is InChI=1S/C13H16Br2F2N2O/c14-9-5-8(6-10(15)13(9)20)11(7-12(16)17)19-3-1-18-2-4-19/h5-6,11-12,18,20H,1-4,7H2/t11-/m0/s1. The maximum absolute atomic E-state index is 12.9. The van der Waals surface area contributed by atoms with E-state index in [1.807, 2.05) is 0 Å². The van der Waals surface area contributed by atoms with E-state index in [0.29, 0.717) is 8.95 Å². The normalized spacial score (nSPS) is 18.4.